The van der Waals surface area contributed by atoms with Crippen molar-refractivity contribution in [3.63, 3.8) is 0 Å². The second-order valence-electron chi connectivity index (χ2n) is 9.44. The van der Waals surface area contributed by atoms with E-state index in [0.29, 0.717) is 10.5 Å². The molecule has 1 saturated heterocycles. The third kappa shape index (κ3) is 2.44. The monoisotopic (exact) mass is 342 g/mol. The maximum atomic E-state index is 12.3. The summed E-state index contributed by atoms with van der Waals surface area (Å²) < 4.78 is 12.3. The second-order valence-corrected chi connectivity index (χ2v) is 11.4. The first-order valence-corrected chi connectivity index (χ1v) is 10.7. The van der Waals surface area contributed by atoms with E-state index < -0.39 is 10.8 Å². The Morgan fingerprint density at radius 3 is 2.25 bits per heavy atom. The standard InChI is InChI=1S/C22H30OS/c1-14-10-19-20(22(4,5)9-8-21(19,2)3)13-18(14)15-11-16-6-7-17(12-15)24(16)23/h10-11,13,16-17H,6-9,12H2,1-5H3. The maximum Gasteiger partial charge on any atom is 0.0536 e. The van der Waals surface area contributed by atoms with E-state index in [-0.39, 0.29) is 10.8 Å². The number of allylic oxidation sites excluding steroid dienone is 1. The van der Waals surface area contributed by atoms with Crippen molar-refractivity contribution in [2.45, 2.75) is 88.1 Å². The number of hydrogen-bond donors (Lipinski definition) is 0. The van der Waals surface area contributed by atoms with Gasteiger partial charge in [-0.1, -0.05) is 45.9 Å². The molecule has 0 N–H and O–H groups in total. The number of hydrogen-bond acceptors (Lipinski definition) is 1. The maximum absolute atomic E-state index is 12.3. The summed E-state index contributed by atoms with van der Waals surface area (Å²) in [6.07, 6.45) is 8.12. The molecule has 0 radical (unpaired) electrons. The molecule has 3 aliphatic rings. The van der Waals surface area contributed by atoms with Gasteiger partial charge in [0.15, 0.2) is 0 Å². The van der Waals surface area contributed by atoms with E-state index in [1.54, 1.807) is 11.1 Å². The van der Waals surface area contributed by atoms with Crippen LogP contribution in [0.3, 0.4) is 0 Å². The van der Waals surface area contributed by atoms with Gasteiger partial charge in [0.05, 0.1) is 5.25 Å². The first-order chi connectivity index (χ1) is 11.2. The van der Waals surface area contributed by atoms with Crippen LogP contribution in [0.5, 0.6) is 0 Å². The first kappa shape index (κ1) is 16.6. The summed E-state index contributed by atoms with van der Waals surface area (Å²) in [5, 5.41) is 0.702. The highest BCUT2D eigenvalue weighted by atomic mass is 32.2. The third-order valence-electron chi connectivity index (χ3n) is 6.78. The van der Waals surface area contributed by atoms with Crippen molar-refractivity contribution in [2.24, 2.45) is 0 Å². The molecule has 1 aliphatic carbocycles. The predicted octanol–water partition coefficient (Wildman–Crippen LogP) is 5.41. The van der Waals surface area contributed by atoms with Crippen LogP contribution in [0.15, 0.2) is 18.2 Å². The van der Waals surface area contributed by atoms with Crippen LogP contribution in [0.25, 0.3) is 5.57 Å². The fourth-order valence-electron chi connectivity index (χ4n) is 4.97. The molecule has 0 saturated carbocycles. The van der Waals surface area contributed by atoms with Gasteiger partial charge in [-0.05, 0) is 77.7 Å². The Balaban J connectivity index is 1.85. The normalized spacial score (nSPS) is 33.0. The molecule has 4 rings (SSSR count). The number of fused-ring (bicyclic) bond motifs is 3. The summed E-state index contributed by atoms with van der Waals surface area (Å²) >= 11 is 0. The van der Waals surface area contributed by atoms with E-state index >= 15 is 0 Å². The molecule has 1 nitrogen and oxygen atoms in total. The zero-order valence-electron chi connectivity index (χ0n) is 15.7. The molecule has 24 heavy (non-hydrogen) atoms. The van der Waals surface area contributed by atoms with Crippen LogP contribution >= 0.6 is 0 Å². The molecule has 0 amide bonds. The minimum atomic E-state index is -0.626. The predicted molar refractivity (Wildman–Crippen MR) is 104 cm³/mol. The first-order valence-electron chi connectivity index (χ1n) is 9.45. The van der Waals surface area contributed by atoms with Gasteiger partial charge in [0.2, 0.25) is 0 Å². The van der Waals surface area contributed by atoms with Gasteiger partial charge in [0.25, 0.3) is 0 Å². The van der Waals surface area contributed by atoms with Gasteiger partial charge in [0.1, 0.15) is 0 Å². The van der Waals surface area contributed by atoms with Gasteiger partial charge >= 0.3 is 0 Å². The molecule has 1 fully saturated rings. The lowest BCUT2D eigenvalue weighted by molar-refractivity contribution is 0.331. The van der Waals surface area contributed by atoms with Gasteiger partial charge < -0.3 is 0 Å². The summed E-state index contributed by atoms with van der Waals surface area (Å²) in [5.41, 5.74) is 7.90. The zero-order valence-corrected chi connectivity index (χ0v) is 16.6. The Kier molecular flexibility index (Phi) is 3.66. The quantitative estimate of drug-likeness (QED) is 0.667. The summed E-state index contributed by atoms with van der Waals surface area (Å²) in [6.45, 7) is 11.8. The van der Waals surface area contributed by atoms with E-state index in [4.69, 9.17) is 0 Å². The number of benzene rings is 1. The van der Waals surface area contributed by atoms with E-state index in [0.717, 1.165) is 19.3 Å². The lowest BCUT2D eigenvalue weighted by Crippen LogP contribution is -2.34. The molecule has 3 unspecified atom stereocenters. The van der Waals surface area contributed by atoms with Crippen molar-refractivity contribution in [3.05, 3.63) is 40.5 Å². The van der Waals surface area contributed by atoms with Crippen molar-refractivity contribution in [3.8, 4) is 0 Å². The molecular weight excluding hydrogens is 312 g/mol. The summed E-state index contributed by atoms with van der Waals surface area (Å²) in [7, 11) is -0.626. The average Bonchev–Trinajstić information content (AvgIpc) is 2.73. The van der Waals surface area contributed by atoms with Crippen LogP contribution < -0.4 is 0 Å². The van der Waals surface area contributed by atoms with Crippen LogP contribution in [0, 0.1) is 6.92 Å². The second kappa shape index (κ2) is 5.30. The molecule has 3 atom stereocenters. The van der Waals surface area contributed by atoms with E-state index in [1.807, 2.05) is 0 Å². The van der Waals surface area contributed by atoms with Gasteiger partial charge in [-0.3, -0.25) is 4.21 Å². The van der Waals surface area contributed by atoms with Crippen molar-refractivity contribution < 1.29 is 4.21 Å². The van der Waals surface area contributed by atoms with Gasteiger partial charge in [-0.15, -0.1) is 0 Å². The Bertz CT molecular complexity index is 753. The topological polar surface area (TPSA) is 17.1 Å². The van der Waals surface area contributed by atoms with Crippen molar-refractivity contribution in [2.75, 3.05) is 0 Å². The van der Waals surface area contributed by atoms with Gasteiger partial charge in [-0.25, -0.2) is 0 Å². The molecule has 0 aromatic heterocycles. The minimum absolute atomic E-state index is 0.254. The minimum Gasteiger partial charge on any atom is -0.259 e. The molecule has 1 aromatic rings. The van der Waals surface area contributed by atoms with Crippen LogP contribution in [0.2, 0.25) is 0 Å². The van der Waals surface area contributed by atoms with E-state index in [1.165, 1.54) is 29.5 Å². The largest absolute Gasteiger partial charge is 0.259 e. The smallest absolute Gasteiger partial charge is 0.0536 e. The van der Waals surface area contributed by atoms with Crippen LogP contribution in [0.1, 0.15) is 82.1 Å². The Morgan fingerprint density at radius 2 is 1.62 bits per heavy atom. The number of aryl methyl sites for hydroxylation is 1. The highest BCUT2D eigenvalue weighted by molar-refractivity contribution is 7.86. The molecule has 2 bridgehead atoms. The molecule has 1 aromatic carbocycles. The third-order valence-corrected chi connectivity index (χ3v) is 8.81. The zero-order chi connectivity index (χ0) is 17.3. The fraction of sp³-hybridized carbons (Fsp3) is 0.636. The fourth-order valence-corrected chi connectivity index (χ4v) is 6.84. The summed E-state index contributed by atoms with van der Waals surface area (Å²) in [4.78, 5) is 0. The van der Waals surface area contributed by atoms with Gasteiger partial charge in [0, 0.05) is 16.0 Å². The van der Waals surface area contributed by atoms with Crippen LogP contribution in [0.4, 0.5) is 0 Å². The molecular formula is C22H30OS. The Morgan fingerprint density at radius 1 is 1.00 bits per heavy atom. The van der Waals surface area contributed by atoms with Gasteiger partial charge in [-0.2, -0.15) is 0 Å². The summed E-state index contributed by atoms with van der Waals surface area (Å²) in [6, 6.07) is 4.95. The SMILES string of the molecule is Cc1cc2c(cc1C1=CC3CCC(C1)S3=O)C(C)(C)CCC2(C)C. The highest BCUT2D eigenvalue weighted by Gasteiger charge is 2.39. The highest BCUT2D eigenvalue weighted by Crippen LogP contribution is 2.48. The lowest BCUT2D eigenvalue weighted by Gasteiger charge is -2.42. The molecule has 2 heteroatoms. The van der Waals surface area contributed by atoms with Crippen LogP contribution in [-0.4, -0.2) is 14.7 Å². The van der Waals surface area contributed by atoms with E-state index in [2.05, 4.69) is 52.8 Å². The number of rotatable bonds is 1. The molecule has 2 aliphatic heterocycles. The average molecular weight is 343 g/mol. The Labute approximate surface area is 149 Å². The Hall–Kier alpha value is -0.890. The van der Waals surface area contributed by atoms with E-state index in [9.17, 15) is 4.21 Å². The summed E-state index contributed by atoms with van der Waals surface area (Å²) in [5.74, 6) is 0. The van der Waals surface area contributed by atoms with Crippen molar-refractivity contribution in [1.82, 2.24) is 0 Å². The molecule has 0 spiro atoms. The van der Waals surface area contributed by atoms with Crippen molar-refractivity contribution in [1.29, 1.82) is 0 Å². The lowest BCUT2D eigenvalue weighted by atomic mass is 9.62. The molecule has 130 valence electrons. The van der Waals surface area contributed by atoms with Crippen LogP contribution in [-0.2, 0) is 21.6 Å². The van der Waals surface area contributed by atoms with Crippen molar-refractivity contribution >= 4 is 16.4 Å². The molecule has 2 heterocycles.